The quantitative estimate of drug-likeness (QED) is 0.102. The van der Waals surface area contributed by atoms with Crippen LogP contribution in [0.25, 0.3) is 0 Å². The number of benzene rings is 4. The average molecular weight is 701 g/mol. The van der Waals surface area contributed by atoms with Crippen LogP contribution in [0.2, 0.25) is 0 Å². The lowest BCUT2D eigenvalue weighted by Gasteiger charge is -2.21. The topological polar surface area (TPSA) is 186 Å². The Balaban J connectivity index is 1.84. The summed E-state index contributed by atoms with van der Waals surface area (Å²) in [7, 11) is 0. The lowest BCUT2D eigenvalue weighted by Crippen LogP contribution is -2.15. The van der Waals surface area contributed by atoms with Crippen molar-refractivity contribution < 1.29 is 58.6 Å². The van der Waals surface area contributed by atoms with E-state index in [0.29, 0.717) is 56.4 Å². The molecule has 0 unspecified atom stereocenters. The molecule has 0 aromatic heterocycles. The molecule has 0 fully saturated rings. The van der Waals surface area contributed by atoms with Gasteiger partial charge in [-0.05, 0) is 73.2 Å². The van der Waals surface area contributed by atoms with E-state index in [1.807, 2.05) is 64.1 Å². The van der Waals surface area contributed by atoms with Gasteiger partial charge >= 0.3 is 23.9 Å². The standard InChI is InChI=1S/C39H40O12/c1-22-5-7-32(48-18-34(40)41)26(9-22)15-28-11-24(3)13-30(38(28)50-20-36(44)45)17-31-14-25(4)12-29(39(31)51-21-37(46)47)16-27-10-23(2)6-8-33(27)49-19-35(42)43/h5-14H,15-21H2,1-4H3,(H,40,41)(H,42,43)(H,44,45)(H,46,47). The SMILES string of the molecule is Cc1ccc(OCC(=O)O)c(Cc2cc(C)cc(Cc3cc(C)cc(Cc4cc(C)ccc4OCC(=O)O)c3OCC(=O)O)c2OCC(=O)O)c1. The molecule has 0 aliphatic heterocycles. The van der Waals surface area contributed by atoms with Crippen molar-refractivity contribution in [1.82, 2.24) is 0 Å². The van der Waals surface area contributed by atoms with E-state index in [1.54, 1.807) is 24.3 Å². The number of rotatable bonds is 18. The summed E-state index contributed by atoms with van der Waals surface area (Å²) in [6.07, 6.45) is 0.627. The van der Waals surface area contributed by atoms with E-state index in [0.717, 1.165) is 22.3 Å². The first-order valence-corrected chi connectivity index (χ1v) is 16.0. The fourth-order valence-electron chi connectivity index (χ4n) is 5.89. The molecule has 4 N–H and O–H groups in total. The smallest absolute Gasteiger partial charge is 0.341 e. The van der Waals surface area contributed by atoms with Crippen molar-refractivity contribution in [3.63, 3.8) is 0 Å². The molecule has 0 amide bonds. The maximum absolute atomic E-state index is 11.7. The fraction of sp³-hybridized carbons (Fsp3) is 0.282. The van der Waals surface area contributed by atoms with Crippen LogP contribution in [0.15, 0.2) is 60.7 Å². The zero-order valence-corrected chi connectivity index (χ0v) is 28.8. The molecule has 0 spiro atoms. The van der Waals surface area contributed by atoms with Crippen LogP contribution < -0.4 is 18.9 Å². The van der Waals surface area contributed by atoms with E-state index in [4.69, 9.17) is 18.9 Å². The number of carboxylic acids is 4. The van der Waals surface area contributed by atoms with Gasteiger partial charge in [-0.1, -0.05) is 70.8 Å². The van der Waals surface area contributed by atoms with Crippen LogP contribution in [0, 0.1) is 27.7 Å². The predicted octanol–water partition coefficient (Wildman–Crippen LogP) is 5.55. The average Bonchev–Trinajstić information content (AvgIpc) is 3.02. The van der Waals surface area contributed by atoms with Crippen LogP contribution in [-0.2, 0) is 38.4 Å². The predicted molar refractivity (Wildman–Crippen MR) is 186 cm³/mol. The van der Waals surface area contributed by atoms with Crippen LogP contribution in [0.3, 0.4) is 0 Å². The molecule has 268 valence electrons. The maximum atomic E-state index is 11.7. The number of hydrogen-bond donors (Lipinski definition) is 4. The fourth-order valence-corrected chi connectivity index (χ4v) is 5.89. The molecule has 12 heteroatoms. The maximum Gasteiger partial charge on any atom is 0.341 e. The second-order valence-electron chi connectivity index (χ2n) is 12.3. The van der Waals surface area contributed by atoms with Gasteiger partial charge < -0.3 is 39.4 Å². The first kappa shape index (κ1) is 37.8. The second-order valence-corrected chi connectivity index (χ2v) is 12.3. The third-order valence-electron chi connectivity index (χ3n) is 7.73. The Labute approximate surface area is 294 Å². The van der Waals surface area contributed by atoms with Crippen molar-refractivity contribution in [1.29, 1.82) is 0 Å². The molecule has 0 saturated heterocycles. The van der Waals surface area contributed by atoms with E-state index in [-0.39, 0.29) is 19.3 Å². The van der Waals surface area contributed by atoms with Crippen molar-refractivity contribution in [3.05, 3.63) is 116 Å². The van der Waals surface area contributed by atoms with Crippen LogP contribution in [0.1, 0.15) is 55.6 Å². The summed E-state index contributed by atoms with van der Waals surface area (Å²) in [6, 6.07) is 18.2. The molecular weight excluding hydrogens is 660 g/mol. The molecule has 0 aliphatic carbocycles. The molecule has 4 aromatic rings. The minimum atomic E-state index is -1.18. The van der Waals surface area contributed by atoms with Gasteiger partial charge in [0.05, 0.1) is 0 Å². The highest BCUT2D eigenvalue weighted by Crippen LogP contribution is 2.37. The number of hydrogen-bond acceptors (Lipinski definition) is 8. The van der Waals surface area contributed by atoms with Crippen molar-refractivity contribution in [2.75, 3.05) is 26.4 Å². The Morgan fingerprint density at radius 3 is 1.00 bits per heavy atom. The summed E-state index contributed by atoms with van der Waals surface area (Å²) in [6.45, 7) is 5.20. The van der Waals surface area contributed by atoms with Crippen molar-refractivity contribution in [2.24, 2.45) is 0 Å². The number of carbonyl (C=O) groups is 4. The molecule has 0 bridgehead atoms. The Morgan fingerprint density at radius 2 is 0.686 bits per heavy atom. The first-order chi connectivity index (χ1) is 24.2. The highest BCUT2D eigenvalue weighted by atomic mass is 16.5. The van der Waals surface area contributed by atoms with E-state index in [2.05, 4.69) is 0 Å². The highest BCUT2D eigenvalue weighted by Gasteiger charge is 2.21. The molecule has 4 rings (SSSR count). The lowest BCUT2D eigenvalue weighted by atomic mass is 9.91. The summed E-state index contributed by atoms with van der Waals surface area (Å²) in [5.41, 5.74) is 7.35. The Hall–Kier alpha value is -6.04. The van der Waals surface area contributed by atoms with Gasteiger partial charge in [0, 0.05) is 19.3 Å². The van der Waals surface area contributed by atoms with Gasteiger partial charge in [0.1, 0.15) is 23.0 Å². The third kappa shape index (κ3) is 11.0. The van der Waals surface area contributed by atoms with Crippen molar-refractivity contribution >= 4 is 23.9 Å². The van der Waals surface area contributed by atoms with Gasteiger partial charge in [0.2, 0.25) is 0 Å². The van der Waals surface area contributed by atoms with Gasteiger partial charge in [-0.25, -0.2) is 19.2 Å². The molecule has 0 atom stereocenters. The first-order valence-electron chi connectivity index (χ1n) is 16.0. The Bertz CT molecular complexity index is 1810. The number of ether oxygens (including phenoxy) is 4. The molecule has 0 aliphatic rings. The van der Waals surface area contributed by atoms with Gasteiger partial charge in [0.25, 0.3) is 0 Å². The lowest BCUT2D eigenvalue weighted by molar-refractivity contribution is -0.140. The third-order valence-corrected chi connectivity index (χ3v) is 7.73. The number of carboxylic acid groups (broad SMARTS) is 4. The summed E-state index contributed by atoms with van der Waals surface area (Å²) >= 11 is 0. The molecule has 0 radical (unpaired) electrons. The summed E-state index contributed by atoms with van der Waals surface area (Å²) in [5, 5.41) is 37.5. The number of aliphatic carboxylic acids is 4. The normalized spacial score (nSPS) is 10.7. The largest absolute Gasteiger partial charge is 0.482 e. The van der Waals surface area contributed by atoms with Gasteiger partial charge in [-0.15, -0.1) is 0 Å². The minimum absolute atomic E-state index is 0.166. The van der Waals surface area contributed by atoms with Crippen LogP contribution in [0.4, 0.5) is 0 Å². The minimum Gasteiger partial charge on any atom is -0.482 e. The van der Waals surface area contributed by atoms with E-state index in [1.165, 1.54) is 0 Å². The van der Waals surface area contributed by atoms with Gasteiger partial charge in [-0.3, -0.25) is 0 Å². The van der Waals surface area contributed by atoms with Crippen LogP contribution in [-0.4, -0.2) is 70.7 Å². The van der Waals surface area contributed by atoms with Crippen molar-refractivity contribution in [3.8, 4) is 23.0 Å². The number of aryl methyl sites for hydroxylation is 4. The second kappa shape index (κ2) is 17.1. The van der Waals surface area contributed by atoms with Gasteiger partial charge in [0.15, 0.2) is 26.4 Å². The summed E-state index contributed by atoms with van der Waals surface area (Å²) < 4.78 is 23.0. The molecule has 51 heavy (non-hydrogen) atoms. The molecule has 4 aromatic carbocycles. The van der Waals surface area contributed by atoms with E-state index in [9.17, 15) is 39.6 Å². The summed E-state index contributed by atoms with van der Waals surface area (Å²) in [5.74, 6) is -3.28. The zero-order chi connectivity index (χ0) is 37.2. The van der Waals surface area contributed by atoms with Crippen LogP contribution >= 0.6 is 0 Å². The van der Waals surface area contributed by atoms with E-state index >= 15 is 0 Å². The molecule has 12 nitrogen and oxygen atoms in total. The molecule has 0 heterocycles. The Kier molecular flexibility index (Phi) is 12.6. The zero-order valence-electron chi connectivity index (χ0n) is 28.8. The summed E-state index contributed by atoms with van der Waals surface area (Å²) in [4.78, 5) is 45.9. The van der Waals surface area contributed by atoms with Gasteiger partial charge in [-0.2, -0.15) is 0 Å². The van der Waals surface area contributed by atoms with Crippen molar-refractivity contribution in [2.45, 2.75) is 47.0 Å². The highest BCUT2D eigenvalue weighted by molar-refractivity contribution is 5.70. The molecular formula is C39H40O12. The van der Waals surface area contributed by atoms with Crippen LogP contribution in [0.5, 0.6) is 23.0 Å². The monoisotopic (exact) mass is 700 g/mol. The molecule has 0 saturated carbocycles. The van der Waals surface area contributed by atoms with E-state index < -0.39 is 50.3 Å². The Morgan fingerprint density at radius 1 is 0.412 bits per heavy atom.